The maximum Gasteiger partial charge on any atom is 0.433 e. The van der Waals surface area contributed by atoms with Crippen molar-refractivity contribution in [3.8, 4) is 0 Å². The van der Waals surface area contributed by atoms with Crippen molar-refractivity contribution in [1.29, 1.82) is 0 Å². The van der Waals surface area contributed by atoms with Gasteiger partial charge in [0.2, 0.25) is 0 Å². The molecule has 0 aliphatic carbocycles. The van der Waals surface area contributed by atoms with Crippen LogP contribution in [0.1, 0.15) is 30.2 Å². The van der Waals surface area contributed by atoms with E-state index in [1.165, 1.54) is 7.11 Å². The Bertz CT molecular complexity index is 398. The highest BCUT2D eigenvalue weighted by Crippen LogP contribution is 2.31. The molecule has 0 spiro atoms. The highest BCUT2D eigenvalue weighted by molar-refractivity contribution is 6.30. The molecule has 18 heavy (non-hydrogen) atoms. The Balaban J connectivity index is 2.79. The Morgan fingerprint density at radius 1 is 1.44 bits per heavy atom. The number of aliphatic hydroxyl groups is 1. The first kappa shape index (κ1) is 15.2. The number of alkyl halides is 3. The van der Waals surface area contributed by atoms with Crippen LogP contribution in [0.4, 0.5) is 13.2 Å². The summed E-state index contributed by atoms with van der Waals surface area (Å²) in [6, 6.07) is 1.95. The third kappa shape index (κ3) is 4.12. The van der Waals surface area contributed by atoms with E-state index < -0.39 is 18.0 Å². The Labute approximate surface area is 108 Å². The summed E-state index contributed by atoms with van der Waals surface area (Å²) < 4.78 is 41.9. The van der Waals surface area contributed by atoms with Crippen molar-refractivity contribution in [3.63, 3.8) is 0 Å². The van der Waals surface area contributed by atoms with Crippen LogP contribution in [0.25, 0.3) is 0 Å². The van der Waals surface area contributed by atoms with Crippen molar-refractivity contribution in [2.75, 3.05) is 13.7 Å². The average Bonchev–Trinajstić information content (AvgIpc) is 2.27. The molecule has 1 N–H and O–H groups in total. The number of halogens is 4. The second-order valence-electron chi connectivity index (χ2n) is 3.73. The van der Waals surface area contributed by atoms with Crippen LogP contribution in [0.5, 0.6) is 0 Å². The van der Waals surface area contributed by atoms with Crippen molar-refractivity contribution in [2.45, 2.75) is 25.1 Å². The van der Waals surface area contributed by atoms with Crippen LogP contribution in [0.3, 0.4) is 0 Å². The smallest absolute Gasteiger partial charge is 0.388 e. The van der Waals surface area contributed by atoms with E-state index in [9.17, 15) is 18.3 Å². The minimum Gasteiger partial charge on any atom is -0.388 e. The number of ether oxygens (including phenoxy) is 1. The van der Waals surface area contributed by atoms with Crippen LogP contribution >= 0.6 is 11.6 Å². The van der Waals surface area contributed by atoms with Gasteiger partial charge in [0, 0.05) is 19.3 Å². The molecule has 0 aliphatic heterocycles. The molecule has 0 aromatic carbocycles. The third-order valence-electron chi connectivity index (χ3n) is 2.35. The summed E-state index contributed by atoms with van der Waals surface area (Å²) in [6.07, 6.45) is -4.55. The second-order valence-corrected chi connectivity index (χ2v) is 4.08. The summed E-state index contributed by atoms with van der Waals surface area (Å²) in [7, 11) is 1.53. The third-order valence-corrected chi connectivity index (χ3v) is 2.66. The van der Waals surface area contributed by atoms with Gasteiger partial charge in [0.05, 0.1) is 6.10 Å². The molecule has 0 saturated carbocycles. The topological polar surface area (TPSA) is 42.4 Å². The Hall–Kier alpha value is -0.850. The van der Waals surface area contributed by atoms with Gasteiger partial charge in [0.1, 0.15) is 10.8 Å². The van der Waals surface area contributed by atoms with E-state index in [4.69, 9.17) is 16.3 Å². The maximum atomic E-state index is 12.3. The summed E-state index contributed by atoms with van der Waals surface area (Å²) in [5.41, 5.74) is -0.874. The summed E-state index contributed by atoms with van der Waals surface area (Å²) in [5, 5.41) is 9.44. The zero-order chi connectivity index (χ0) is 13.8. The molecule has 0 amide bonds. The van der Waals surface area contributed by atoms with Crippen LogP contribution in [-0.4, -0.2) is 23.8 Å². The molecule has 102 valence electrons. The fourth-order valence-electron chi connectivity index (χ4n) is 1.43. The number of pyridine rings is 1. The van der Waals surface area contributed by atoms with E-state index >= 15 is 0 Å². The Morgan fingerprint density at radius 3 is 2.61 bits per heavy atom. The van der Waals surface area contributed by atoms with Gasteiger partial charge < -0.3 is 9.84 Å². The number of methoxy groups -OCH3 is 1. The zero-order valence-corrected chi connectivity index (χ0v) is 10.4. The molecule has 1 rings (SSSR count). The van der Waals surface area contributed by atoms with Crippen molar-refractivity contribution >= 4 is 11.6 Å². The molecule has 1 aromatic rings. The van der Waals surface area contributed by atoms with E-state index in [-0.39, 0.29) is 10.7 Å². The number of nitrogens with zero attached hydrogens (tertiary/aromatic N) is 1. The zero-order valence-electron chi connectivity index (χ0n) is 9.67. The number of aliphatic hydroxyl groups excluding tert-OH is 1. The lowest BCUT2D eigenvalue weighted by atomic mass is 10.1. The average molecular weight is 284 g/mol. The molecule has 1 heterocycles. The lowest BCUT2D eigenvalue weighted by molar-refractivity contribution is -0.141. The highest BCUT2D eigenvalue weighted by Gasteiger charge is 2.33. The maximum absolute atomic E-state index is 12.3. The van der Waals surface area contributed by atoms with Crippen molar-refractivity contribution in [3.05, 3.63) is 28.5 Å². The lowest BCUT2D eigenvalue weighted by Crippen LogP contribution is -2.10. The number of hydrogen-bond acceptors (Lipinski definition) is 3. The van der Waals surface area contributed by atoms with Gasteiger partial charge >= 0.3 is 6.18 Å². The van der Waals surface area contributed by atoms with E-state index in [2.05, 4.69) is 4.98 Å². The minimum atomic E-state index is -4.54. The van der Waals surface area contributed by atoms with E-state index in [1.807, 2.05) is 0 Å². The van der Waals surface area contributed by atoms with Gasteiger partial charge in [-0.3, -0.25) is 0 Å². The fourth-order valence-corrected chi connectivity index (χ4v) is 1.71. The molecule has 1 unspecified atom stereocenters. The lowest BCUT2D eigenvalue weighted by Gasteiger charge is -2.13. The van der Waals surface area contributed by atoms with Gasteiger partial charge in [-0.25, -0.2) is 4.98 Å². The molecule has 0 radical (unpaired) electrons. The van der Waals surface area contributed by atoms with Crippen molar-refractivity contribution in [1.82, 2.24) is 4.98 Å². The molecule has 0 saturated heterocycles. The molecule has 1 aromatic heterocycles. The van der Waals surface area contributed by atoms with Crippen LogP contribution < -0.4 is 0 Å². The predicted octanol–water partition coefficient (Wildman–Crippen LogP) is 3.21. The monoisotopic (exact) mass is 283 g/mol. The number of hydrogen-bond donors (Lipinski definition) is 1. The standard InChI is InChI=1S/C11H13ClF3NO2/c1-18-6-2-3-8(17)7-4-5-9(11(13,14)15)16-10(7)12/h4-5,8,17H,2-3,6H2,1H3. The van der Waals surface area contributed by atoms with Gasteiger partial charge in [-0.05, 0) is 18.9 Å². The molecule has 0 bridgehead atoms. The van der Waals surface area contributed by atoms with E-state index in [0.29, 0.717) is 19.4 Å². The van der Waals surface area contributed by atoms with Gasteiger partial charge in [0.25, 0.3) is 0 Å². The first-order valence-corrected chi connectivity index (χ1v) is 5.64. The van der Waals surface area contributed by atoms with E-state index in [1.54, 1.807) is 0 Å². The summed E-state index contributed by atoms with van der Waals surface area (Å²) in [6.45, 7) is 0.461. The largest absolute Gasteiger partial charge is 0.433 e. The summed E-state index contributed by atoms with van der Waals surface area (Å²) >= 11 is 5.64. The van der Waals surface area contributed by atoms with Crippen LogP contribution in [-0.2, 0) is 10.9 Å². The SMILES string of the molecule is COCCCC(O)c1ccc(C(F)(F)F)nc1Cl. The number of rotatable bonds is 5. The van der Waals surface area contributed by atoms with Crippen LogP contribution in [0, 0.1) is 0 Å². The normalized spacial score (nSPS) is 13.7. The molecule has 1 atom stereocenters. The minimum absolute atomic E-state index is 0.195. The predicted molar refractivity (Wildman–Crippen MR) is 60.3 cm³/mol. The van der Waals surface area contributed by atoms with E-state index in [0.717, 1.165) is 12.1 Å². The highest BCUT2D eigenvalue weighted by atomic mass is 35.5. The van der Waals surface area contributed by atoms with Gasteiger partial charge in [0.15, 0.2) is 0 Å². The molecular weight excluding hydrogens is 271 g/mol. The fraction of sp³-hybridized carbons (Fsp3) is 0.545. The second kappa shape index (κ2) is 6.36. The first-order valence-electron chi connectivity index (χ1n) is 5.27. The Morgan fingerprint density at radius 2 is 2.11 bits per heavy atom. The summed E-state index contributed by atoms with van der Waals surface area (Å²) in [5.74, 6) is 0. The molecule has 0 fully saturated rings. The molecule has 0 aliphatic rings. The van der Waals surface area contributed by atoms with Crippen molar-refractivity contribution in [2.24, 2.45) is 0 Å². The molecular formula is C11H13ClF3NO2. The number of aromatic nitrogens is 1. The van der Waals surface area contributed by atoms with Crippen LogP contribution in [0.2, 0.25) is 5.15 Å². The van der Waals surface area contributed by atoms with Gasteiger partial charge in [-0.15, -0.1) is 0 Å². The quantitative estimate of drug-likeness (QED) is 0.666. The van der Waals surface area contributed by atoms with Crippen LogP contribution in [0.15, 0.2) is 12.1 Å². The van der Waals surface area contributed by atoms with Gasteiger partial charge in [-0.2, -0.15) is 13.2 Å². The Kier molecular flexibility index (Phi) is 5.37. The molecule has 7 heteroatoms. The van der Waals surface area contributed by atoms with Gasteiger partial charge in [-0.1, -0.05) is 17.7 Å². The summed E-state index contributed by atoms with van der Waals surface area (Å²) in [4.78, 5) is 3.24. The van der Waals surface area contributed by atoms with Crippen molar-refractivity contribution < 1.29 is 23.0 Å². The molecule has 3 nitrogen and oxygen atoms in total. The first-order chi connectivity index (χ1) is 8.36.